The second-order valence-corrected chi connectivity index (χ2v) is 6.67. The van der Waals surface area contributed by atoms with Gasteiger partial charge in [0.2, 0.25) is 0 Å². The third-order valence-corrected chi connectivity index (χ3v) is 5.28. The van der Waals surface area contributed by atoms with Gasteiger partial charge in [-0.25, -0.2) is 0 Å². The minimum atomic E-state index is -0.654. The van der Waals surface area contributed by atoms with Crippen LogP contribution < -0.4 is 0 Å². The van der Waals surface area contributed by atoms with E-state index in [0.717, 1.165) is 50.8 Å². The molecule has 1 heterocycles. The van der Waals surface area contributed by atoms with Crippen molar-refractivity contribution in [1.29, 1.82) is 0 Å². The van der Waals surface area contributed by atoms with E-state index in [1.807, 2.05) is 17.0 Å². The summed E-state index contributed by atoms with van der Waals surface area (Å²) in [6.07, 6.45) is 4.52. The molecule has 1 N–H and O–H groups in total. The molecular formula is C18H23NO3. The van der Waals surface area contributed by atoms with Crippen LogP contribution in [-0.2, 0) is 11.3 Å². The number of fused-ring (bicyclic) bond motifs is 1. The van der Waals surface area contributed by atoms with Gasteiger partial charge < -0.3 is 10.0 Å². The SMILES string of the molecule is Cc1cccc2c1CN(CCC1CCC(C(=O)O)CC1)C2=O. The van der Waals surface area contributed by atoms with E-state index in [9.17, 15) is 9.59 Å². The molecule has 22 heavy (non-hydrogen) atoms. The normalized spacial score (nSPS) is 24.4. The van der Waals surface area contributed by atoms with Crippen molar-refractivity contribution in [2.24, 2.45) is 11.8 Å². The maximum absolute atomic E-state index is 12.4. The van der Waals surface area contributed by atoms with E-state index in [1.165, 1.54) is 11.1 Å². The fourth-order valence-corrected chi connectivity index (χ4v) is 3.76. The molecule has 0 radical (unpaired) electrons. The summed E-state index contributed by atoms with van der Waals surface area (Å²) in [4.78, 5) is 25.3. The zero-order valence-electron chi connectivity index (χ0n) is 13.0. The predicted molar refractivity (Wildman–Crippen MR) is 83.6 cm³/mol. The second kappa shape index (κ2) is 6.11. The largest absolute Gasteiger partial charge is 0.481 e. The number of aryl methyl sites for hydroxylation is 1. The van der Waals surface area contributed by atoms with E-state index in [0.29, 0.717) is 5.92 Å². The van der Waals surface area contributed by atoms with Crippen LogP contribution in [0.5, 0.6) is 0 Å². The van der Waals surface area contributed by atoms with E-state index in [1.54, 1.807) is 0 Å². The van der Waals surface area contributed by atoms with Gasteiger partial charge in [0.05, 0.1) is 5.92 Å². The van der Waals surface area contributed by atoms with Crippen LogP contribution in [-0.4, -0.2) is 28.4 Å². The third-order valence-electron chi connectivity index (χ3n) is 5.28. The highest BCUT2D eigenvalue weighted by atomic mass is 16.4. The number of hydrogen-bond acceptors (Lipinski definition) is 2. The Balaban J connectivity index is 1.53. The fraction of sp³-hybridized carbons (Fsp3) is 0.556. The topological polar surface area (TPSA) is 57.6 Å². The number of carbonyl (C=O) groups excluding carboxylic acids is 1. The molecule has 0 unspecified atom stereocenters. The Morgan fingerprint density at radius 3 is 2.64 bits per heavy atom. The maximum atomic E-state index is 12.4. The molecule has 4 nitrogen and oxygen atoms in total. The summed E-state index contributed by atoms with van der Waals surface area (Å²) in [5.74, 6) is -0.0956. The number of carboxylic acid groups (broad SMARTS) is 1. The highest BCUT2D eigenvalue weighted by Gasteiger charge is 2.30. The molecule has 1 amide bonds. The third kappa shape index (κ3) is 2.87. The Morgan fingerprint density at radius 1 is 1.27 bits per heavy atom. The Bertz CT molecular complexity index is 588. The highest BCUT2D eigenvalue weighted by molar-refractivity contribution is 5.98. The fourth-order valence-electron chi connectivity index (χ4n) is 3.76. The van der Waals surface area contributed by atoms with Crippen molar-refractivity contribution >= 4 is 11.9 Å². The van der Waals surface area contributed by atoms with Crippen LogP contribution in [0.2, 0.25) is 0 Å². The van der Waals surface area contributed by atoms with Crippen molar-refractivity contribution in [3.05, 3.63) is 34.9 Å². The summed E-state index contributed by atoms with van der Waals surface area (Å²) in [5, 5.41) is 9.03. The van der Waals surface area contributed by atoms with E-state index < -0.39 is 5.97 Å². The number of carboxylic acids is 1. The standard InChI is InChI=1S/C18H23NO3/c1-12-3-2-4-15-16(12)11-19(17(15)20)10-9-13-5-7-14(8-6-13)18(21)22/h2-4,13-14H,5-11H2,1H3,(H,21,22). The minimum Gasteiger partial charge on any atom is -0.481 e. The van der Waals surface area contributed by atoms with Crippen LogP contribution in [0.15, 0.2) is 18.2 Å². The van der Waals surface area contributed by atoms with Gasteiger partial charge in [0, 0.05) is 18.7 Å². The van der Waals surface area contributed by atoms with E-state index in [2.05, 4.69) is 13.0 Å². The monoisotopic (exact) mass is 301 g/mol. The molecule has 0 spiro atoms. The van der Waals surface area contributed by atoms with Crippen molar-refractivity contribution in [3.8, 4) is 0 Å². The zero-order chi connectivity index (χ0) is 15.7. The minimum absolute atomic E-state index is 0.151. The Kier molecular flexibility index (Phi) is 4.19. The summed E-state index contributed by atoms with van der Waals surface area (Å²) < 4.78 is 0. The number of benzene rings is 1. The highest BCUT2D eigenvalue weighted by Crippen LogP contribution is 2.32. The van der Waals surface area contributed by atoms with Crippen LogP contribution in [0.25, 0.3) is 0 Å². The molecule has 1 fully saturated rings. The zero-order valence-corrected chi connectivity index (χ0v) is 13.0. The smallest absolute Gasteiger partial charge is 0.306 e. The van der Waals surface area contributed by atoms with E-state index >= 15 is 0 Å². The van der Waals surface area contributed by atoms with Crippen LogP contribution in [0, 0.1) is 18.8 Å². The van der Waals surface area contributed by atoms with Crippen molar-refractivity contribution in [3.63, 3.8) is 0 Å². The summed E-state index contributed by atoms with van der Waals surface area (Å²) in [7, 11) is 0. The van der Waals surface area contributed by atoms with Gasteiger partial charge in [0.15, 0.2) is 0 Å². The Hall–Kier alpha value is -1.84. The lowest BCUT2D eigenvalue weighted by atomic mass is 9.80. The number of hydrogen-bond donors (Lipinski definition) is 1. The van der Waals surface area contributed by atoms with E-state index in [-0.39, 0.29) is 11.8 Å². The lowest BCUT2D eigenvalue weighted by molar-refractivity contribution is -0.143. The van der Waals surface area contributed by atoms with Crippen molar-refractivity contribution in [1.82, 2.24) is 4.90 Å². The van der Waals surface area contributed by atoms with Crippen molar-refractivity contribution in [2.75, 3.05) is 6.54 Å². The van der Waals surface area contributed by atoms with Gasteiger partial charge >= 0.3 is 5.97 Å². The Labute approximate surface area is 131 Å². The first kappa shape index (κ1) is 15.1. The first-order valence-electron chi connectivity index (χ1n) is 8.17. The molecule has 1 aromatic rings. The van der Waals surface area contributed by atoms with Gasteiger partial charge in [-0.15, -0.1) is 0 Å². The van der Waals surface area contributed by atoms with Gasteiger partial charge in [0.1, 0.15) is 0 Å². The number of carbonyl (C=O) groups is 2. The van der Waals surface area contributed by atoms with Crippen LogP contribution in [0.3, 0.4) is 0 Å². The molecule has 2 aliphatic rings. The second-order valence-electron chi connectivity index (χ2n) is 6.67. The molecule has 1 aromatic carbocycles. The average molecular weight is 301 g/mol. The molecule has 118 valence electrons. The van der Waals surface area contributed by atoms with Gasteiger partial charge in [-0.3, -0.25) is 9.59 Å². The number of amides is 1. The molecule has 0 saturated heterocycles. The Morgan fingerprint density at radius 2 is 2.00 bits per heavy atom. The maximum Gasteiger partial charge on any atom is 0.306 e. The molecule has 3 rings (SSSR count). The molecular weight excluding hydrogens is 278 g/mol. The first-order valence-corrected chi connectivity index (χ1v) is 8.17. The van der Waals surface area contributed by atoms with Crippen molar-refractivity contribution in [2.45, 2.75) is 45.6 Å². The molecule has 0 bridgehead atoms. The summed E-state index contributed by atoms with van der Waals surface area (Å²) in [6, 6.07) is 5.92. The number of nitrogens with zero attached hydrogens (tertiary/aromatic N) is 1. The lowest BCUT2D eigenvalue weighted by Crippen LogP contribution is -2.28. The van der Waals surface area contributed by atoms with Gasteiger partial charge in [0.25, 0.3) is 5.91 Å². The summed E-state index contributed by atoms with van der Waals surface area (Å²) in [6.45, 7) is 3.57. The summed E-state index contributed by atoms with van der Waals surface area (Å²) >= 11 is 0. The lowest BCUT2D eigenvalue weighted by Gasteiger charge is -2.27. The van der Waals surface area contributed by atoms with Crippen LogP contribution in [0.4, 0.5) is 0 Å². The van der Waals surface area contributed by atoms with Gasteiger partial charge in [-0.05, 0) is 62.1 Å². The van der Waals surface area contributed by atoms with Crippen molar-refractivity contribution < 1.29 is 14.7 Å². The number of aliphatic carboxylic acids is 1. The van der Waals surface area contributed by atoms with Gasteiger partial charge in [-0.2, -0.15) is 0 Å². The average Bonchev–Trinajstić information content (AvgIpc) is 2.84. The summed E-state index contributed by atoms with van der Waals surface area (Å²) in [5.41, 5.74) is 3.21. The molecule has 0 aromatic heterocycles. The quantitative estimate of drug-likeness (QED) is 0.929. The molecule has 4 heteroatoms. The van der Waals surface area contributed by atoms with Crippen LogP contribution >= 0.6 is 0 Å². The van der Waals surface area contributed by atoms with Crippen LogP contribution in [0.1, 0.15) is 53.6 Å². The predicted octanol–water partition coefficient (Wildman–Crippen LogP) is 3.23. The van der Waals surface area contributed by atoms with E-state index in [4.69, 9.17) is 5.11 Å². The number of rotatable bonds is 4. The first-order chi connectivity index (χ1) is 10.6. The molecule has 1 saturated carbocycles. The molecule has 1 aliphatic heterocycles. The molecule has 1 aliphatic carbocycles. The molecule has 0 atom stereocenters. The van der Waals surface area contributed by atoms with Gasteiger partial charge in [-0.1, -0.05) is 12.1 Å².